The number of piperazine rings is 1. The number of likely N-dealkylation sites (N-methyl/N-ethyl adjacent to an activating group) is 2. The van der Waals surface area contributed by atoms with Crippen LogP contribution in [0.15, 0.2) is 42.5 Å². The number of nitrogens with zero attached hydrogens (tertiary/aromatic N) is 2. The minimum absolute atomic E-state index is 0.102. The molecular formula is C25H35N5O2. The second kappa shape index (κ2) is 11.1. The summed E-state index contributed by atoms with van der Waals surface area (Å²) < 4.78 is 0. The molecule has 1 atom stereocenters. The van der Waals surface area contributed by atoms with E-state index in [2.05, 4.69) is 38.9 Å². The molecule has 172 valence electrons. The van der Waals surface area contributed by atoms with E-state index in [1.54, 1.807) is 6.07 Å². The van der Waals surface area contributed by atoms with Crippen LogP contribution in [-0.4, -0.2) is 70.1 Å². The average Bonchev–Trinajstić information content (AvgIpc) is 2.80. The van der Waals surface area contributed by atoms with Crippen molar-refractivity contribution < 1.29 is 9.59 Å². The highest BCUT2D eigenvalue weighted by Gasteiger charge is 2.19. The smallest absolute Gasteiger partial charge is 0.252 e. The lowest BCUT2D eigenvalue weighted by Crippen LogP contribution is -2.44. The molecule has 1 aliphatic rings. The van der Waals surface area contributed by atoms with Crippen molar-refractivity contribution in [3.63, 3.8) is 0 Å². The third-order valence-electron chi connectivity index (χ3n) is 5.99. The van der Waals surface area contributed by atoms with Crippen LogP contribution >= 0.6 is 0 Å². The second-order valence-electron chi connectivity index (χ2n) is 8.47. The minimum atomic E-state index is -0.223. The monoisotopic (exact) mass is 437 g/mol. The Balaban J connectivity index is 1.68. The van der Waals surface area contributed by atoms with E-state index in [4.69, 9.17) is 0 Å². The summed E-state index contributed by atoms with van der Waals surface area (Å²) in [5.41, 5.74) is 4.21. The van der Waals surface area contributed by atoms with Gasteiger partial charge in [0.15, 0.2) is 0 Å². The molecule has 0 saturated carbocycles. The topological polar surface area (TPSA) is 76.7 Å². The predicted octanol–water partition coefficient (Wildman–Crippen LogP) is 2.19. The van der Waals surface area contributed by atoms with E-state index < -0.39 is 0 Å². The lowest BCUT2D eigenvalue weighted by Gasteiger charge is -2.34. The van der Waals surface area contributed by atoms with Crippen LogP contribution in [0, 0.1) is 6.92 Å². The highest BCUT2D eigenvalue weighted by Crippen LogP contribution is 2.22. The maximum Gasteiger partial charge on any atom is 0.252 e. The van der Waals surface area contributed by atoms with E-state index >= 15 is 0 Å². The van der Waals surface area contributed by atoms with Gasteiger partial charge in [0.1, 0.15) is 0 Å². The van der Waals surface area contributed by atoms with E-state index in [0.717, 1.165) is 43.0 Å². The number of carbonyl (C=O) groups is 2. The third-order valence-corrected chi connectivity index (χ3v) is 5.99. The molecule has 0 spiro atoms. The zero-order valence-corrected chi connectivity index (χ0v) is 19.6. The predicted molar refractivity (Wildman–Crippen MR) is 129 cm³/mol. The number of anilines is 1. The molecule has 32 heavy (non-hydrogen) atoms. The number of aryl methyl sites for hydroxylation is 1. The molecule has 2 amide bonds. The summed E-state index contributed by atoms with van der Waals surface area (Å²) >= 11 is 0. The summed E-state index contributed by atoms with van der Waals surface area (Å²) in [5, 5.41) is 8.99. The Morgan fingerprint density at radius 2 is 1.75 bits per heavy atom. The first-order chi connectivity index (χ1) is 15.4. The van der Waals surface area contributed by atoms with Crippen LogP contribution in [0.25, 0.3) is 0 Å². The summed E-state index contributed by atoms with van der Waals surface area (Å²) in [7, 11) is 3.98. The lowest BCUT2D eigenvalue weighted by atomic mass is 10.0. The van der Waals surface area contributed by atoms with Crippen LogP contribution in [-0.2, 0) is 0 Å². The number of rotatable bonds is 8. The van der Waals surface area contributed by atoms with Gasteiger partial charge in [-0.2, -0.15) is 0 Å². The van der Waals surface area contributed by atoms with E-state index in [-0.39, 0.29) is 17.9 Å². The summed E-state index contributed by atoms with van der Waals surface area (Å²) in [4.78, 5) is 30.1. The van der Waals surface area contributed by atoms with E-state index in [1.165, 1.54) is 0 Å². The molecule has 2 aromatic rings. The van der Waals surface area contributed by atoms with Crippen LogP contribution in [0.5, 0.6) is 0 Å². The van der Waals surface area contributed by atoms with Crippen molar-refractivity contribution in [2.45, 2.75) is 19.9 Å². The fourth-order valence-corrected chi connectivity index (χ4v) is 3.83. The second-order valence-corrected chi connectivity index (χ2v) is 8.47. The molecule has 1 heterocycles. The normalized spacial score (nSPS) is 15.3. The van der Waals surface area contributed by atoms with E-state index in [0.29, 0.717) is 24.2 Å². The van der Waals surface area contributed by atoms with Crippen LogP contribution in [0.2, 0.25) is 0 Å². The van der Waals surface area contributed by atoms with Crippen LogP contribution in [0.4, 0.5) is 5.69 Å². The molecule has 7 nitrogen and oxygen atoms in total. The lowest BCUT2D eigenvalue weighted by molar-refractivity contribution is 0.0937. The van der Waals surface area contributed by atoms with Crippen LogP contribution in [0.1, 0.15) is 44.8 Å². The summed E-state index contributed by atoms with van der Waals surface area (Å²) in [6.07, 6.45) is 0. The van der Waals surface area contributed by atoms with Gasteiger partial charge in [-0.3, -0.25) is 9.59 Å². The number of hydrogen-bond acceptors (Lipinski definition) is 5. The summed E-state index contributed by atoms with van der Waals surface area (Å²) in [5.74, 6) is -0.216. The molecule has 0 aliphatic carbocycles. The highest BCUT2D eigenvalue weighted by molar-refractivity contribution is 5.97. The molecule has 0 unspecified atom stereocenters. The Morgan fingerprint density at radius 3 is 2.47 bits per heavy atom. The molecular weight excluding hydrogens is 402 g/mol. The first-order valence-electron chi connectivity index (χ1n) is 11.3. The number of benzene rings is 2. The Morgan fingerprint density at radius 1 is 1.00 bits per heavy atom. The van der Waals surface area contributed by atoms with Gasteiger partial charge in [0.2, 0.25) is 0 Å². The molecule has 0 radical (unpaired) electrons. The molecule has 2 aromatic carbocycles. The van der Waals surface area contributed by atoms with Crippen molar-refractivity contribution >= 4 is 17.5 Å². The van der Waals surface area contributed by atoms with Crippen LogP contribution < -0.4 is 20.9 Å². The van der Waals surface area contributed by atoms with Gasteiger partial charge in [0.05, 0.1) is 6.04 Å². The molecule has 1 aliphatic heterocycles. The van der Waals surface area contributed by atoms with Gasteiger partial charge in [0.25, 0.3) is 11.8 Å². The average molecular weight is 438 g/mol. The summed E-state index contributed by atoms with van der Waals surface area (Å²) in [6.45, 7) is 9.13. The van der Waals surface area contributed by atoms with Crippen molar-refractivity contribution in [1.29, 1.82) is 0 Å². The number of amides is 2. The standard InChI is InChI=1S/C25H35N5O2/c1-18-8-9-22(30-14-12-29(4)13-15-30)17-23(18)25(32)28-19(2)20-6-5-7-21(16-20)24(31)27-11-10-26-3/h5-9,16-17,19,26H,10-15H2,1-4H3,(H,27,31)(H,28,32)/t19-/m1/s1. The molecule has 3 rings (SSSR count). The molecule has 1 fully saturated rings. The first-order valence-corrected chi connectivity index (χ1v) is 11.3. The molecule has 0 aromatic heterocycles. The molecule has 3 N–H and O–H groups in total. The molecule has 0 bridgehead atoms. The minimum Gasteiger partial charge on any atom is -0.369 e. The van der Waals surface area contributed by atoms with Gasteiger partial charge in [0, 0.05) is 56.1 Å². The number of carbonyl (C=O) groups excluding carboxylic acids is 2. The molecule has 1 saturated heterocycles. The zero-order valence-electron chi connectivity index (χ0n) is 19.6. The van der Waals surface area contributed by atoms with Gasteiger partial charge in [-0.05, 0) is 63.3 Å². The molecule has 7 heteroatoms. The van der Waals surface area contributed by atoms with E-state index in [1.807, 2.05) is 51.2 Å². The quantitative estimate of drug-likeness (QED) is 0.552. The zero-order chi connectivity index (χ0) is 23.1. The van der Waals surface area contributed by atoms with Crippen LogP contribution in [0.3, 0.4) is 0 Å². The van der Waals surface area contributed by atoms with Gasteiger partial charge in [-0.25, -0.2) is 0 Å². The fourth-order valence-electron chi connectivity index (χ4n) is 3.83. The maximum absolute atomic E-state index is 13.1. The van der Waals surface area contributed by atoms with Crippen molar-refractivity contribution in [2.24, 2.45) is 0 Å². The Hall–Kier alpha value is -2.90. The fraction of sp³-hybridized carbons (Fsp3) is 0.440. The summed E-state index contributed by atoms with van der Waals surface area (Å²) in [6, 6.07) is 13.3. The first kappa shape index (κ1) is 23.8. The Labute approximate surface area is 191 Å². The maximum atomic E-state index is 13.1. The highest BCUT2D eigenvalue weighted by atomic mass is 16.2. The number of hydrogen-bond donors (Lipinski definition) is 3. The van der Waals surface area contributed by atoms with Gasteiger partial charge in [-0.15, -0.1) is 0 Å². The van der Waals surface area contributed by atoms with Gasteiger partial charge < -0.3 is 25.8 Å². The van der Waals surface area contributed by atoms with Crippen molar-refractivity contribution in [3.8, 4) is 0 Å². The van der Waals surface area contributed by atoms with Crippen molar-refractivity contribution in [2.75, 3.05) is 58.3 Å². The van der Waals surface area contributed by atoms with Crippen molar-refractivity contribution in [3.05, 3.63) is 64.7 Å². The largest absolute Gasteiger partial charge is 0.369 e. The number of nitrogens with one attached hydrogen (secondary N) is 3. The van der Waals surface area contributed by atoms with Gasteiger partial charge in [-0.1, -0.05) is 18.2 Å². The Bertz CT molecular complexity index is 938. The SMILES string of the molecule is CNCCNC(=O)c1cccc([C@@H](C)NC(=O)c2cc(N3CCN(C)CC3)ccc2C)c1. The third kappa shape index (κ3) is 6.08. The van der Waals surface area contributed by atoms with Gasteiger partial charge >= 0.3 is 0 Å². The van der Waals surface area contributed by atoms with Crippen molar-refractivity contribution in [1.82, 2.24) is 20.9 Å². The van der Waals surface area contributed by atoms with E-state index in [9.17, 15) is 9.59 Å². The Kier molecular flexibility index (Phi) is 8.25.